The van der Waals surface area contributed by atoms with Crippen molar-refractivity contribution in [2.45, 2.75) is 41.5 Å². The predicted molar refractivity (Wildman–Crippen MR) is 209 cm³/mol. The maximum atomic E-state index is 10.0. The summed E-state index contributed by atoms with van der Waals surface area (Å²) in [5.74, 6) is -0.0625. The molecule has 0 fully saturated rings. The van der Waals surface area contributed by atoms with E-state index in [9.17, 15) is 4.79 Å². The van der Waals surface area contributed by atoms with Crippen molar-refractivity contribution >= 4 is 52.0 Å². The normalized spacial score (nSPS) is 11.8. The van der Waals surface area contributed by atoms with Gasteiger partial charge in [0.15, 0.2) is 5.78 Å². The summed E-state index contributed by atoms with van der Waals surface area (Å²) in [6.07, 6.45) is 3.21. The fourth-order valence-electron chi connectivity index (χ4n) is 7.50. The molecule has 249 valence electrons. The SMILES string of the molecule is CC(=O)/C=C(/C)O.Cc1cccc(C)c1B1c2ccccc2B(c2c(C)cccc2C)c2c1cccc2-c1ccc(-c2[c-]cccc2)nc1.[Ir]. The second-order valence-corrected chi connectivity index (χ2v) is 13.0. The number of fused-ring (bicyclic) bond motifs is 2. The average Bonchev–Trinajstić information content (AvgIpc) is 3.08. The van der Waals surface area contributed by atoms with Gasteiger partial charge >= 0.3 is 0 Å². The zero-order valence-corrected chi connectivity index (χ0v) is 31.8. The van der Waals surface area contributed by atoms with Crippen LogP contribution in [0.3, 0.4) is 0 Å². The summed E-state index contributed by atoms with van der Waals surface area (Å²) in [6, 6.07) is 45.2. The van der Waals surface area contributed by atoms with E-state index in [4.69, 9.17) is 10.1 Å². The van der Waals surface area contributed by atoms with Gasteiger partial charge < -0.3 is 10.1 Å². The molecule has 1 radical (unpaired) electrons. The summed E-state index contributed by atoms with van der Waals surface area (Å²) >= 11 is 0. The van der Waals surface area contributed by atoms with Gasteiger partial charge in [-0.2, -0.15) is 0 Å². The Morgan fingerprint density at radius 2 is 1.18 bits per heavy atom. The third-order valence-electron chi connectivity index (χ3n) is 9.49. The Kier molecular flexibility index (Phi) is 11.6. The van der Waals surface area contributed by atoms with Crippen molar-refractivity contribution in [3.63, 3.8) is 0 Å². The molecular formula is C44H40B2IrNO2-. The number of aromatic nitrogens is 1. The molecule has 1 aliphatic rings. The third-order valence-corrected chi connectivity index (χ3v) is 9.49. The molecule has 7 rings (SSSR count). The zero-order valence-electron chi connectivity index (χ0n) is 29.4. The fourth-order valence-corrected chi connectivity index (χ4v) is 7.50. The number of pyridine rings is 1. The number of hydrogen-bond donors (Lipinski definition) is 1. The van der Waals surface area contributed by atoms with Crippen molar-refractivity contribution in [3.8, 4) is 22.4 Å². The van der Waals surface area contributed by atoms with E-state index in [1.165, 1.54) is 80.5 Å². The Labute approximate surface area is 311 Å². The van der Waals surface area contributed by atoms with Gasteiger partial charge in [0.25, 0.3) is 0 Å². The minimum Gasteiger partial charge on any atom is -0.512 e. The van der Waals surface area contributed by atoms with Crippen LogP contribution < -0.4 is 32.8 Å². The standard InChI is InChI=1S/C39H32B2N.C5H8O2.Ir/c1-26-13-10-14-27(2)37(26)40-33-20-8-9-21-34(33)41(38-28(3)15-11-16-29(38)4)39-32(19-12-22-35(39)40)31-23-24-36(42-25-31)30-17-6-5-7-18-30;1-4(6)3-5(2)7;/h5-17,19-25H,1-4H3;3,6H,1-2H3;/q-1;;/b;4-3-;. The second-order valence-electron chi connectivity index (χ2n) is 13.0. The van der Waals surface area contributed by atoms with Crippen molar-refractivity contribution in [1.82, 2.24) is 4.98 Å². The molecule has 5 aromatic carbocycles. The maximum Gasteiger partial charge on any atom is 0.241 e. The van der Waals surface area contributed by atoms with Crippen LogP contribution in [0, 0.1) is 33.8 Å². The first-order chi connectivity index (χ1) is 23.7. The summed E-state index contributed by atoms with van der Waals surface area (Å²) in [5.41, 5.74) is 18.1. The van der Waals surface area contributed by atoms with Gasteiger partial charge in [-0.3, -0.25) is 4.79 Å². The Morgan fingerprint density at radius 3 is 1.68 bits per heavy atom. The van der Waals surface area contributed by atoms with E-state index in [-0.39, 0.29) is 45.1 Å². The topological polar surface area (TPSA) is 50.2 Å². The Morgan fingerprint density at radius 1 is 0.640 bits per heavy atom. The molecule has 1 N–H and O–H groups in total. The molecule has 50 heavy (non-hydrogen) atoms. The van der Waals surface area contributed by atoms with Crippen LogP contribution in [0.2, 0.25) is 0 Å². The summed E-state index contributed by atoms with van der Waals surface area (Å²) in [7, 11) is 0. The first-order valence-electron chi connectivity index (χ1n) is 16.8. The minimum atomic E-state index is -0.125. The van der Waals surface area contributed by atoms with Crippen LogP contribution in [-0.2, 0) is 24.9 Å². The molecule has 0 amide bonds. The minimum absolute atomic E-state index is 0. The van der Waals surface area contributed by atoms with Gasteiger partial charge in [0.2, 0.25) is 13.4 Å². The molecule has 1 aliphatic heterocycles. The first kappa shape index (κ1) is 36.5. The van der Waals surface area contributed by atoms with Gasteiger partial charge in [0.05, 0.1) is 5.76 Å². The molecule has 1 aromatic heterocycles. The summed E-state index contributed by atoms with van der Waals surface area (Å²) < 4.78 is 0. The number of benzene rings is 5. The van der Waals surface area contributed by atoms with E-state index in [1.807, 2.05) is 24.4 Å². The number of ketones is 1. The van der Waals surface area contributed by atoms with Crippen LogP contribution in [0.25, 0.3) is 22.4 Å². The first-order valence-corrected chi connectivity index (χ1v) is 16.8. The quantitative estimate of drug-likeness (QED) is 0.103. The summed E-state index contributed by atoms with van der Waals surface area (Å²) in [5, 5.41) is 8.36. The zero-order chi connectivity index (χ0) is 34.7. The van der Waals surface area contributed by atoms with Crippen LogP contribution in [0.1, 0.15) is 36.1 Å². The van der Waals surface area contributed by atoms with Gasteiger partial charge in [-0.25, -0.2) is 0 Å². The maximum absolute atomic E-state index is 10.0. The van der Waals surface area contributed by atoms with Gasteiger partial charge in [-0.1, -0.05) is 146 Å². The van der Waals surface area contributed by atoms with E-state index in [0.29, 0.717) is 0 Å². The molecule has 2 heterocycles. The molecule has 0 saturated heterocycles. The molecular weight excluding hydrogens is 788 g/mol. The van der Waals surface area contributed by atoms with Crippen LogP contribution in [0.15, 0.2) is 133 Å². The summed E-state index contributed by atoms with van der Waals surface area (Å²) in [4.78, 5) is 14.9. The number of aryl methyl sites for hydroxylation is 4. The third kappa shape index (κ3) is 7.38. The monoisotopic (exact) mass is 829 g/mol. The Bertz CT molecular complexity index is 2130. The molecule has 0 bridgehead atoms. The van der Waals surface area contributed by atoms with Crippen molar-refractivity contribution in [1.29, 1.82) is 0 Å². The van der Waals surface area contributed by atoms with Gasteiger partial charge in [0.1, 0.15) is 0 Å². The summed E-state index contributed by atoms with van der Waals surface area (Å²) in [6.45, 7) is 12.2. The number of carbonyl (C=O) groups is 1. The van der Waals surface area contributed by atoms with Crippen LogP contribution >= 0.6 is 0 Å². The number of rotatable bonds is 5. The average molecular weight is 829 g/mol. The molecule has 0 atom stereocenters. The molecule has 6 aromatic rings. The second kappa shape index (κ2) is 15.8. The van der Waals surface area contributed by atoms with E-state index in [0.717, 1.165) is 16.8 Å². The molecule has 0 saturated carbocycles. The number of carbonyl (C=O) groups excluding carboxylic acids is 1. The van der Waals surface area contributed by atoms with Crippen molar-refractivity contribution < 1.29 is 30.0 Å². The van der Waals surface area contributed by atoms with E-state index < -0.39 is 0 Å². The van der Waals surface area contributed by atoms with Crippen molar-refractivity contribution in [2.75, 3.05) is 0 Å². The Hall–Kier alpha value is -4.76. The molecule has 0 spiro atoms. The van der Waals surface area contributed by atoms with Gasteiger partial charge in [-0.05, 0) is 58.4 Å². The number of aliphatic hydroxyl groups excluding tert-OH is 1. The van der Waals surface area contributed by atoms with E-state index >= 15 is 0 Å². The van der Waals surface area contributed by atoms with E-state index in [1.54, 1.807) is 0 Å². The number of hydrogen-bond acceptors (Lipinski definition) is 3. The molecule has 3 nitrogen and oxygen atoms in total. The van der Waals surface area contributed by atoms with E-state index in [2.05, 4.69) is 131 Å². The van der Waals surface area contributed by atoms with Crippen LogP contribution in [0.4, 0.5) is 0 Å². The molecule has 6 heteroatoms. The van der Waals surface area contributed by atoms with Gasteiger partial charge in [0, 0.05) is 32.4 Å². The number of nitrogens with zero attached hydrogens (tertiary/aromatic N) is 1. The number of allylic oxidation sites excluding steroid dienone is 2. The molecule has 0 unspecified atom stereocenters. The van der Waals surface area contributed by atoms with Crippen LogP contribution in [-0.4, -0.2) is 29.3 Å². The predicted octanol–water partition coefficient (Wildman–Crippen LogP) is 5.83. The van der Waals surface area contributed by atoms with Crippen LogP contribution in [0.5, 0.6) is 0 Å². The fraction of sp³-hybridized carbons (Fsp3) is 0.136. The van der Waals surface area contributed by atoms with Gasteiger partial charge in [-0.15, -0.1) is 35.9 Å². The number of aliphatic hydroxyl groups is 1. The largest absolute Gasteiger partial charge is 0.512 e. The Balaban J connectivity index is 0.000000553. The van der Waals surface area contributed by atoms with Crippen molar-refractivity contribution in [2.24, 2.45) is 0 Å². The molecule has 0 aliphatic carbocycles. The smallest absolute Gasteiger partial charge is 0.241 e. The van der Waals surface area contributed by atoms with Crippen molar-refractivity contribution in [3.05, 3.63) is 162 Å².